The molecule has 1 aromatic carbocycles. The minimum absolute atomic E-state index is 0.738. The maximum atomic E-state index is 5.92. The third-order valence-electron chi connectivity index (χ3n) is 3.41. The number of anilines is 1. The molecule has 1 aliphatic rings. The molecule has 0 radical (unpaired) electrons. The van der Waals surface area contributed by atoms with Crippen molar-refractivity contribution >= 4 is 17.5 Å². The Morgan fingerprint density at radius 3 is 2.75 bits per heavy atom. The Labute approximate surface area is 123 Å². The third-order valence-corrected chi connectivity index (χ3v) is 3.66. The van der Waals surface area contributed by atoms with Crippen molar-refractivity contribution in [3.05, 3.63) is 41.6 Å². The Hall–Kier alpha value is -1.65. The fourth-order valence-electron chi connectivity index (χ4n) is 2.33. The predicted octanol–water partition coefficient (Wildman–Crippen LogP) is 2.60. The Morgan fingerprint density at radius 2 is 1.90 bits per heavy atom. The summed E-state index contributed by atoms with van der Waals surface area (Å²) >= 11 is 5.92. The lowest BCUT2D eigenvalue weighted by atomic mass is 10.1. The van der Waals surface area contributed by atoms with Crippen LogP contribution in [0.5, 0.6) is 0 Å². The van der Waals surface area contributed by atoms with Gasteiger partial charge in [0.15, 0.2) is 0 Å². The standard InChI is InChI=1S/C15H17ClN4/c16-13-4-2-12(3-5-13)14-6-8-18-15(19-14)20-10-1-7-17-9-11-20/h2-6,8,17H,1,7,9-11H2. The molecule has 0 spiro atoms. The molecule has 0 aliphatic carbocycles. The number of nitrogens with zero attached hydrogens (tertiary/aromatic N) is 3. The molecule has 5 heteroatoms. The minimum atomic E-state index is 0.738. The highest BCUT2D eigenvalue weighted by molar-refractivity contribution is 6.30. The second-order valence-corrected chi connectivity index (χ2v) is 5.28. The van der Waals surface area contributed by atoms with E-state index >= 15 is 0 Å². The van der Waals surface area contributed by atoms with Crippen LogP contribution in [0.25, 0.3) is 11.3 Å². The second-order valence-electron chi connectivity index (χ2n) is 4.84. The Morgan fingerprint density at radius 1 is 1.05 bits per heavy atom. The molecule has 3 rings (SSSR count). The molecule has 4 nitrogen and oxygen atoms in total. The number of hydrogen-bond acceptors (Lipinski definition) is 4. The highest BCUT2D eigenvalue weighted by Crippen LogP contribution is 2.21. The largest absolute Gasteiger partial charge is 0.339 e. The van der Waals surface area contributed by atoms with E-state index in [4.69, 9.17) is 11.6 Å². The van der Waals surface area contributed by atoms with Crippen LogP contribution in [0.3, 0.4) is 0 Å². The fourth-order valence-corrected chi connectivity index (χ4v) is 2.45. The van der Waals surface area contributed by atoms with Gasteiger partial charge in [-0.3, -0.25) is 0 Å². The first-order valence-corrected chi connectivity index (χ1v) is 7.25. The van der Waals surface area contributed by atoms with Crippen LogP contribution in [0.15, 0.2) is 36.5 Å². The monoisotopic (exact) mass is 288 g/mol. The minimum Gasteiger partial charge on any atom is -0.339 e. The quantitative estimate of drug-likeness (QED) is 0.922. The van der Waals surface area contributed by atoms with Crippen molar-refractivity contribution in [1.29, 1.82) is 0 Å². The van der Waals surface area contributed by atoms with E-state index in [1.165, 1.54) is 0 Å². The molecule has 2 heterocycles. The van der Waals surface area contributed by atoms with E-state index in [2.05, 4.69) is 20.2 Å². The van der Waals surface area contributed by atoms with Gasteiger partial charge in [0.2, 0.25) is 5.95 Å². The van der Waals surface area contributed by atoms with Gasteiger partial charge in [0.1, 0.15) is 0 Å². The van der Waals surface area contributed by atoms with Crippen LogP contribution < -0.4 is 10.2 Å². The maximum Gasteiger partial charge on any atom is 0.225 e. The zero-order chi connectivity index (χ0) is 13.8. The summed E-state index contributed by atoms with van der Waals surface area (Å²) in [6, 6.07) is 9.67. The summed E-state index contributed by atoms with van der Waals surface area (Å²) in [7, 11) is 0. The van der Waals surface area contributed by atoms with Gasteiger partial charge < -0.3 is 10.2 Å². The molecule has 0 unspecified atom stereocenters. The van der Waals surface area contributed by atoms with E-state index in [0.717, 1.165) is 54.8 Å². The van der Waals surface area contributed by atoms with Crippen molar-refractivity contribution < 1.29 is 0 Å². The number of benzene rings is 1. The summed E-state index contributed by atoms with van der Waals surface area (Å²) in [6.07, 6.45) is 2.94. The van der Waals surface area contributed by atoms with Gasteiger partial charge in [0, 0.05) is 36.4 Å². The lowest BCUT2D eigenvalue weighted by Crippen LogP contribution is -2.29. The summed E-state index contributed by atoms with van der Waals surface area (Å²) in [6.45, 7) is 3.99. The molecule has 0 amide bonds. The zero-order valence-corrected chi connectivity index (χ0v) is 12.0. The predicted molar refractivity (Wildman–Crippen MR) is 82.2 cm³/mol. The molecule has 1 saturated heterocycles. The van der Waals surface area contributed by atoms with Crippen molar-refractivity contribution in [2.45, 2.75) is 6.42 Å². The van der Waals surface area contributed by atoms with E-state index in [1.807, 2.05) is 36.5 Å². The third kappa shape index (κ3) is 3.08. The lowest BCUT2D eigenvalue weighted by molar-refractivity contribution is 0.724. The van der Waals surface area contributed by atoms with E-state index in [1.54, 1.807) is 0 Å². The van der Waals surface area contributed by atoms with Crippen molar-refractivity contribution in [2.75, 3.05) is 31.1 Å². The van der Waals surface area contributed by atoms with Crippen molar-refractivity contribution in [1.82, 2.24) is 15.3 Å². The first kappa shape index (κ1) is 13.3. The Kier molecular flexibility index (Phi) is 4.14. The van der Waals surface area contributed by atoms with Gasteiger partial charge in [-0.2, -0.15) is 0 Å². The molecule has 1 aliphatic heterocycles. The average molecular weight is 289 g/mol. The molecule has 0 bridgehead atoms. The van der Waals surface area contributed by atoms with E-state index in [9.17, 15) is 0 Å². The normalized spacial score (nSPS) is 15.9. The highest BCUT2D eigenvalue weighted by atomic mass is 35.5. The summed E-state index contributed by atoms with van der Waals surface area (Å²) in [5.41, 5.74) is 2.00. The SMILES string of the molecule is Clc1ccc(-c2ccnc(N3CCCNCC3)n2)cc1. The van der Waals surface area contributed by atoms with E-state index < -0.39 is 0 Å². The van der Waals surface area contributed by atoms with Crippen LogP contribution in [-0.4, -0.2) is 36.1 Å². The van der Waals surface area contributed by atoms with Crippen LogP contribution in [0, 0.1) is 0 Å². The van der Waals surface area contributed by atoms with Crippen molar-refractivity contribution in [3.8, 4) is 11.3 Å². The summed E-state index contributed by atoms with van der Waals surface area (Å²) in [5.74, 6) is 0.807. The fraction of sp³-hybridized carbons (Fsp3) is 0.333. The first-order chi connectivity index (χ1) is 9.83. The molecule has 1 N–H and O–H groups in total. The van der Waals surface area contributed by atoms with Crippen LogP contribution >= 0.6 is 11.6 Å². The summed E-state index contributed by atoms with van der Waals surface area (Å²) < 4.78 is 0. The van der Waals surface area contributed by atoms with E-state index in [-0.39, 0.29) is 0 Å². The van der Waals surface area contributed by atoms with Gasteiger partial charge in [-0.05, 0) is 31.2 Å². The number of hydrogen-bond donors (Lipinski definition) is 1. The molecule has 0 saturated carbocycles. The molecular weight excluding hydrogens is 272 g/mol. The van der Waals surface area contributed by atoms with E-state index in [0.29, 0.717) is 0 Å². The molecular formula is C15H17ClN4. The molecule has 1 aromatic heterocycles. The van der Waals surface area contributed by atoms with Gasteiger partial charge in [-0.25, -0.2) is 9.97 Å². The smallest absolute Gasteiger partial charge is 0.225 e. The maximum absolute atomic E-state index is 5.92. The first-order valence-electron chi connectivity index (χ1n) is 6.87. The van der Waals surface area contributed by atoms with Crippen LogP contribution in [0.4, 0.5) is 5.95 Å². The van der Waals surface area contributed by atoms with Crippen LogP contribution in [0.2, 0.25) is 5.02 Å². The Bertz CT molecular complexity index is 562. The molecule has 20 heavy (non-hydrogen) atoms. The summed E-state index contributed by atoms with van der Waals surface area (Å²) in [4.78, 5) is 11.3. The Balaban J connectivity index is 1.86. The number of nitrogens with one attached hydrogen (secondary N) is 1. The number of rotatable bonds is 2. The number of halogens is 1. The molecule has 104 valence electrons. The summed E-state index contributed by atoms with van der Waals surface area (Å²) in [5, 5.41) is 4.13. The van der Waals surface area contributed by atoms with Crippen molar-refractivity contribution in [2.24, 2.45) is 0 Å². The van der Waals surface area contributed by atoms with Gasteiger partial charge in [-0.1, -0.05) is 23.7 Å². The van der Waals surface area contributed by atoms with Gasteiger partial charge >= 0.3 is 0 Å². The van der Waals surface area contributed by atoms with Gasteiger partial charge in [-0.15, -0.1) is 0 Å². The van der Waals surface area contributed by atoms with Crippen LogP contribution in [0.1, 0.15) is 6.42 Å². The average Bonchev–Trinajstić information content (AvgIpc) is 2.77. The van der Waals surface area contributed by atoms with Gasteiger partial charge in [0.25, 0.3) is 0 Å². The highest BCUT2D eigenvalue weighted by Gasteiger charge is 2.12. The molecule has 1 fully saturated rings. The molecule has 0 atom stereocenters. The zero-order valence-electron chi connectivity index (χ0n) is 11.2. The van der Waals surface area contributed by atoms with Gasteiger partial charge in [0.05, 0.1) is 5.69 Å². The topological polar surface area (TPSA) is 41.1 Å². The van der Waals surface area contributed by atoms with Crippen molar-refractivity contribution in [3.63, 3.8) is 0 Å². The second kappa shape index (κ2) is 6.20. The number of aromatic nitrogens is 2. The molecule has 2 aromatic rings. The lowest BCUT2D eigenvalue weighted by Gasteiger charge is -2.20. The van der Waals surface area contributed by atoms with Crippen LogP contribution in [-0.2, 0) is 0 Å².